The van der Waals surface area contributed by atoms with E-state index in [2.05, 4.69) is 0 Å². The maximum absolute atomic E-state index is 13.7. The number of alkyl halides is 2. The molecular formula is C24H34F2O7S. The zero-order valence-corrected chi connectivity index (χ0v) is 20.2. The molecule has 0 aliphatic heterocycles. The van der Waals surface area contributed by atoms with Gasteiger partial charge in [0, 0.05) is 5.41 Å². The largest absolute Gasteiger partial charge is 0.465 e. The van der Waals surface area contributed by atoms with Crippen LogP contribution in [0.15, 0.2) is 0 Å². The van der Waals surface area contributed by atoms with Crippen LogP contribution in [-0.2, 0) is 29.2 Å². The van der Waals surface area contributed by atoms with E-state index < -0.39 is 32.4 Å². The van der Waals surface area contributed by atoms with E-state index >= 15 is 0 Å². The van der Waals surface area contributed by atoms with Gasteiger partial charge in [0.15, 0.2) is 0 Å². The van der Waals surface area contributed by atoms with Crippen LogP contribution in [0.1, 0.15) is 83.5 Å². The molecule has 7 nitrogen and oxygen atoms in total. The van der Waals surface area contributed by atoms with Crippen molar-refractivity contribution in [3.8, 4) is 0 Å². The fraction of sp³-hybridized carbons (Fsp3) is 0.917. The van der Waals surface area contributed by atoms with Gasteiger partial charge in [-0.25, -0.2) is 4.79 Å². The summed E-state index contributed by atoms with van der Waals surface area (Å²) in [5.41, 5.74) is -1.28. The number of hydrogen-bond acceptors (Lipinski definition) is 6. The van der Waals surface area contributed by atoms with E-state index in [9.17, 15) is 26.8 Å². The average molecular weight is 505 g/mol. The molecule has 6 aliphatic rings. The molecule has 4 bridgehead atoms. The molecule has 6 saturated carbocycles. The van der Waals surface area contributed by atoms with Crippen molar-refractivity contribution in [3.05, 3.63) is 0 Å². The SMILES string of the molecule is O=C(OC12CC3CC(CC(COC(=O)C(F)(F)S(=O)(=O)O)(C3)C1)C2)C1CCC2CCCCC2C1. The van der Waals surface area contributed by atoms with E-state index in [4.69, 9.17) is 14.0 Å². The van der Waals surface area contributed by atoms with E-state index in [1.165, 1.54) is 25.7 Å². The molecule has 0 aromatic heterocycles. The number of hydrogen-bond donors (Lipinski definition) is 1. The van der Waals surface area contributed by atoms with Gasteiger partial charge >= 0.3 is 27.3 Å². The van der Waals surface area contributed by atoms with Crippen LogP contribution in [0.3, 0.4) is 0 Å². The second-order valence-corrected chi connectivity index (χ2v) is 13.4. The van der Waals surface area contributed by atoms with Crippen LogP contribution in [0.25, 0.3) is 0 Å². The van der Waals surface area contributed by atoms with Crippen LogP contribution in [0.4, 0.5) is 8.78 Å². The number of ether oxygens (including phenoxy) is 2. The van der Waals surface area contributed by atoms with Gasteiger partial charge in [-0.1, -0.05) is 25.7 Å². The molecule has 1 N–H and O–H groups in total. The summed E-state index contributed by atoms with van der Waals surface area (Å²) >= 11 is 0. The zero-order valence-electron chi connectivity index (χ0n) is 19.3. The molecule has 0 aromatic rings. The highest BCUT2D eigenvalue weighted by Crippen LogP contribution is 2.63. The zero-order chi connectivity index (χ0) is 24.4. The summed E-state index contributed by atoms with van der Waals surface area (Å²) < 4.78 is 68.8. The van der Waals surface area contributed by atoms with Crippen LogP contribution >= 0.6 is 0 Å². The number of carbonyl (C=O) groups is 2. The third-order valence-corrected chi connectivity index (χ3v) is 10.2. The molecule has 34 heavy (non-hydrogen) atoms. The van der Waals surface area contributed by atoms with Gasteiger partial charge < -0.3 is 9.47 Å². The van der Waals surface area contributed by atoms with Gasteiger partial charge in [-0.15, -0.1) is 0 Å². The van der Waals surface area contributed by atoms with Gasteiger partial charge in [0.05, 0.1) is 12.5 Å². The van der Waals surface area contributed by atoms with Crippen molar-refractivity contribution in [2.24, 2.45) is 35.0 Å². The summed E-state index contributed by atoms with van der Waals surface area (Å²) in [6, 6.07) is 0. The third kappa shape index (κ3) is 4.38. The van der Waals surface area contributed by atoms with Crippen molar-refractivity contribution in [2.75, 3.05) is 6.61 Å². The Labute approximate surface area is 199 Å². The normalized spacial score (nSPS) is 41.6. The van der Waals surface area contributed by atoms with E-state index in [1.54, 1.807) is 0 Å². The predicted octanol–water partition coefficient (Wildman–Crippen LogP) is 4.50. The highest BCUT2D eigenvalue weighted by molar-refractivity contribution is 7.87. The minimum absolute atomic E-state index is 0.0883. The molecule has 0 saturated heterocycles. The van der Waals surface area contributed by atoms with Gasteiger partial charge in [-0.05, 0) is 81.5 Å². The van der Waals surface area contributed by atoms with Crippen molar-refractivity contribution in [1.29, 1.82) is 0 Å². The summed E-state index contributed by atoms with van der Waals surface area (Å²) in [6.07, 6.45) is 12.0. The summed E-state index contributed by atoms with van der Waals surface area (Å²) in [5.74, 6) is -0.651. The Kier molecular flexibility index (Phi) is 6.02. The second kappa shape index (κ2) is 8.39. The highest BCUT2D eigenvalue weighted by Gasteiger charge is 2.61. The summed E-state index contributed by atoms with van der Waals surface area (Å²) in [7, 11) is -5.91. The molecule has 6 aliphatic carbocycles. The third-order valence-electron chi connectivity index (χ3n) is 9.39. The lowest BCUT2D eigenvalue weighted by Gasteiger charge is -2.61. The Morgan fingerprint density at radius 3 is 2.24 bits per heavy atom. The lowest BCUT2D eigenvalue weighted by atomic mass is 9.48. The molecule has 5 atom stereocenters. The standard InChI is InChI=1S/C24H34F2O7S/c25-24(26,34(29,30)31)21(28)32-14-22-9-15-7-16(10-22)12-23(11-15,13-22)33-20(27)19-6-5-17-3-1-2-4-18(17)8-19/h15-19H,1-14H2,(H,29,30,31). The number of carbonyl (C=O) groups excluding carboxylic acids is 2. The lowest BCUT2D eigenvalue weighted by Crippen LogP contribution is -2.59. The second-order valence-electron chi connectivity index (χ2n) is 11.9. The topological polar surface area (TPSA) is 107 Å². The lowest BCUT2D eigenvalue weighted by molar-refractivity contribution is -0.216. The van der Waals surface area contributed by atoms with Gasteiger partial charge in [0.1, 0.15) is 5.60 Å². The van der Waals surface area contributed by atoms with Crippen molar-refractivity contribution in [3.63, 3.8) is 0 Å². The molecule has 5 unspecified atom stereocenters. The molecule has 0 spiro atoms. The number of esters is 2. The molecule has 0 radical (unpaired) electrons. The average Bonchev–Trinajstić information content (AvgIpc) is 2.75. The van der Waals surface area contributed by atoms with Crippen LogP contribution in [-0.4, -0.2) is 42.4 Å². The smallest absolute Gasteiger partial charge is 0.460 e. The van der Waals surface area contributed by atoms with Crippen LogP contribution < -0.4 is 0 Å². The van der Waals surface area contributed by atoms with Crippen molar-refractivity contribution in [1.82, 2.24) is 0 Å². The summed E-state index contributed by atoms with van der Waals surface area (Å²) in [4.78, 5) is 25.1. The molecule has 6 rings (SSSR count). The maximum atomic E-state index is 13.7. The summed E-state index contributed by atoms with van der Waals surface area (Å²) in [5, 5.41) is -5.00. The van der Waals surface area contributed by atoms with Crippen LogP contribution in [0.5, 0.6) is 0 Å². The Morgan fingerprint density at radius 1 is 0.941 bits per heavy atom. The fourth-order valence-electron chi connectivity index (χ4n) is 8.45. The predicted molar refractivity (Wildman–Crippen MR) is 116 cm³/mol. The molecule has 0 aromatic carbocycles. The van der Waals surface area contributed by atoms with E-state index in [0.29, 0.717) is 25.2 Å². The van der Waals surface area contributed by atoms with E-state index in [0.717, 1.165) is 44.4 Å². The van der Waals surface area contributed by atoms with Crippen molar-refractivity contribution >= 4 is 22.1 Å². The van der Waals surface area contributed by atoms with E-state index in [-0.39, 0.29) is 30.3 Å². The number of halogens is 2. The Bertz CT molecular complexity index is 935. The Balaban J connectivity index is 1.25. The first-order valence-corrected chi connectivity index (χ1v) is 14.1. The number of rotatable bonds is 6. The fourth-order valence-corrected chi connectivity index (χ4v) is 8.71. The van der Waals surface area contributed by atoms with Crippen LogP contribution in [0.2, 0.25) is 0 Å². The molecule has 192 valence electrons. The Morgan fingerprint density at radius 2 is 1.59 bits per heavy atom. The van der Waals surface area contributed by atoms with Crippen LogP contribution in [0, 0.1) is 35.0 Å². The molecule has 0 amide bonds. The summed E-state index contributed by atoms with van der Waals surface area (Å²) in [6.45, 7) is -0.365. The monoisotopic (exact) mass is 504 g/mol. The molecule has 6 fully saturated rings. The van der Waals surface area contributed by atoms with Crippen molar-refractivity contribution in [2.45, 2.75) is 94.3 Å². The quantitative estimate of drug-likeness (QED) is 0.419. The van der Waals surface area contributed by atoms with Gasteiger partial charge in [0.25, 0.3) is 0 Å². The minimum Gasteiger partial charge on any atom is -0.460 e. The molecule has 0 heterocycles. The molecular weight excluding hydrogens is 470 g/mol. The van der Waals surface area contributed by atoms with Gasteiger partial charge in [-0.2, -0.15) is 17.2 Å². The van der Waals surface area contributed by atoms with Gasteiger partial charge in [0.2, 0.25) is 0 Å². The first-order valence-electron chi connectivity index (χ1n) is 12.7. The number of fused-ring (bicyclic) bond motifs is 1. The van der Waals surface area contributed by atoms with Gasteiger partial charge in [-0.3, -0.25) is 9.35 Å². The molecule has 10 heteroatoms. The van der Waals surface area contributed by atoms with Crippen molar-refractivity contribution < 1.29 is 40.8 Å². The first-order chi connectivity index (χ1) is 15.9. The maximum Gasteiger partial charge on any atom is 0.465 e. The van der Waals surface area contributed by atoms with E-state index in [1.807, 2.05) is 0 Å². The first kappa shape index (κ1) is 24.4. The highest BCUT2D eigenvalue weighted by atomic mass is 32.2. The Hall–Kier alpha value is -1.29. The minimum atomic E-state index is -5.91.